The molecular formula is C17H17NO2. The second-order valence-corrected chi connectivity index (χ2v) is 5.15. The molecule has 0 unspecified atom stereocenters. The van der Waals surface area contributed by atoms with Crippen LogP contribution in [0.1, 0.15) is 39.0 Å². The van der Waals surface area contributed by atoms with Crippen molar-refractivity contribution in [3.05, 3.63) is 64.2 Å². The van der Waals surface area contributed by atoms with E-state index in [4.69, 9.17) is 5.73 Å². The second kappa shape index (κ2) is 5.10. The maximum Gasteiger partial charge on any atom is 0.197 e. The van der Waals surface area contributed by atoms with Crippen LogP contribution in [0.3, 0.4) is 0 Å². The predicted molar refractivity (Wildman–Crippen MR) is 77.9 cm³/mol. The van der Waals surface area contributed by atoms with E-state index >= 15 is 0 Å². The van der Waals surface area contributed by atoms with Crippen LogP contribution in [0.5, 0.6) is 5.75 Å². The third-order valence-electron chi connectivity index (χ3n) is 3.93. The van der Waals surface area contributed by atoms with Crippen LogP contribution in [0.2, 0.25) is 0 Å². The van der Waals surface area contributed by atoms with Crippen LogP contribution < -0.4 is 5.73 Å². The number of hydrogen-bond acceptors (Lipinski definition) is 3. The number of nitrogens with two attached hydrogens (primary N) is 1. The largest absolute Gasteiger partial charge is 0.507 e. The predicted octanol–water partition coefficient (Wildman–Crippen LogP) is 2.57. The molecular weight excluding hydrogens is 250 g/mol. The number of ketones is 1. The average Bonchev–Trinajstić information content (AvgIpc) is 2.94. The average molecular weight is 267 g/mol. The molecule has 3 nitrogen and oxygen atoms in total. The summed E-state index contributed by atoms with van der Waals surface area (Å²) < 4.78 is 0. The Bertz CT molecular complexity index is 662. The summed E-state index contributed by atoms with van der Waals surface area (Å²) in [5.74, 6) is -0.0569. The minimum Gasteiger partial charge on any atom is -0.507 e. The first kappa shape index (κ1) is 12.9. The van der Waals surface area contributed by atoms with Crippen molar-refractivity contribution in [2.45, 2.75) is 25.8 Å². The first-order valence-electron chi connectivity index (χ1n) is 6.88. The molecule has 0 bridgehead atoms. The van der Waals surface area contributed by atoms with Gasteiger partial charge in [0.05, 0.1) is 5.56 Å². The van der Waals surface area contributed by atoms with Crippen molar-refractivity contribution < 1.29 is 9.90 Å². The Labute approximate surface area is 118 Å². The molecule has 1 aliphatic carbocycles. The molecule has 3 heteroatoms. The Morgan fingerprint density at radius 2 is 1.95 bits per heavy atom. The lowest BCUT2D eigenvalue weighted by Gasteiger charge is -2.14. The Balaban J connectivity index is 2.18. The van der Waals surface area contributed by atoms with Crippen LogP contribution in [-0.2, 0) is 19.4 Å². The van der Waals surface area contributed by atoms with Crippen molar-refractivity contribution in [1.82, 2.24) is 0 Å². The summed E-state index contributed by atoms with van der Waals surface area (Å²) in [5, 5.41) is 10.4. The highest BCUT2D eigenvalue weighted by Crippen LogP contribution is 2.35. The second-order valence-electron chi connectivity index (χ2n) is 5.15. The fraction of sp³-hybridized carbons (Fsp3) is 0.235. The SMILES string of the molecule is NCc1cc2c(c(C(=O)c3ccccc3)c1O)CCC2. The zero-order chi connectivity index (χ0) is 14.1. The standard InChI is InChI=1S/C17H17NO2/c18-10-13-9-12-7-4-8-14(12)15(17(13)20)16(19)11-5-2-1-3-6-11/h1-3,5-6,9,20H,4,7-8,10,18H2. The van der Waals surface area contributed by atoms with E-state index in [1.165, 1.54) is 0 Å². The van der Waals surface area contributed by atoms with Gasteiger partial charge in [-0.05, 0) is 30.4 Å². The van der Waals surface area contributed by atoms with Crippen LogP contribution in [-0.4, -0.2) is 10.9 Å². The molecule has 0 aromatic heterocycles. The van der Waals surface area contributed by atoms with Gasteiger partial charge in [-0.3, -0.25) is 4.79 Å². The third-order valence-corrected chi connectivity index (χ3v) is 3.93. The van der Waals surface area contributed by atoms with Gasteiger partial charge in [0.25, 0.3) is 0 Å². The lowest BCUT2D eigenvalue weighted by Crippen LogP contribution is -2.09. The van der Waals surface area contributed by atoms with Gasteiger partial charge in [-0.15, -0.1) is 0 Å². The van der Waals surface area contributed by atoms with E-state index in [9.17, 15) is 9.90 Å². The molecule has 0 saturated carbocycles. The number of phenols is 1. The first-order valence-corrected chi connectivity index (χ1v) is 6.88. The summed E-state index contributed by atoms with van der Waals surface area (Å²) in [7, 11) is 0. The summed E-state index contributed by atoms with van der Waals surface area (Å²) in [4.78, 5) is 12.7. The number of hydrogen-bond donors (Lipinski definition) is 2. The maximum absolute atomic E-state index is 12.7. The monoisotopic (exact) mass is 267 g/mol. The lowest BCUT2D eigenvalue weighted by atomic mass is 9.92. The van der Waals surface area contributed by atoms with Gasteiger partial charge in [0.1, 0.15) is 5.75 Å². The number of rotatable bonds is 3. The molecule has 1 aliphatic rings. The van der Waals surface area contributed by atoms with Crippen molar-refractivity contribution in [3.63, 3.8) is 0 Å². The summed E-state index contributed by atoms with van der Waals surface area (Å²) in [5.41, 5.74) is 9.54. The molecule has 102 valence electrons. The van der Waals surface area contributed by atoms with Gasteiger partial charge in [-0.2, -0.15) is 0 Å². The normalized spacial score (nSPS) is 13.2. The highest BCUT2D eigenvalue weighted by atomic mass is 16.3. The van der Waals surface area contributed by atoms with Gasteiger partial charge in [0, 0.05) is 17.7 Å². The molecule has 0 spiro atoms. The number of carbonyl (C=O) groups excluding carboxylic acids is 1. The molecule has 0 atom stereocenters. The van der Waals surface area contributed by atoms with Gasteiger partial charge in [-0.1, -0.05) is 36.4 Å². The van der Waals surface area contributed by atoms with Gasteiger partial charge < -0.3 is 10.8 Å². The molecule has 2 aromatic carbocycles. The zero-order valence-electron chi connectivity index (χ0n) is 11.2. The Morgan fingerprint density at radius 3 is 2.65 bits per heavy atom. The first-order chi connectivity index (χ1) is 9.72. The lowest BCUT2D eigenvalue weighted by molar-refractivity contribution is 0.103. The highest BCUT2D eigenvalue weighted by molar-refractivity contribution is 6.12. The number of phenolic OH excluding ortho intramolecular Hbond substituents is 1. The number of fused-ring (bicyclic) bond motifs is 1. The Kier molecular flexibility index (Phi) is 3.28. The van der Waals surface area contributed by atoms with Crippen LogP contribution in [0.15, 0.2) is 36.4 Å². The number of aromatic hydroxyl groups is 1. The summed E-state index contributed by atoms with van der Waals surface area (Å²) >= 11 is 0. The van der Waals surface area contributed by atoms with E-state index < -0.39 is 0 Å². The van der Waals surface area contributed by atoms with E-state index in [0.717, 1.165) is 30.4 Å². The number of benzene rings is 2. The quantitative estimate of drug-likeness (QED) is 0.840. The number of carbonyl (C=O) groups is 1. The molecule has 0 amide bonds. The molecule has 0 fully saturated rings. The van der Waals surface area contributed by atoms with Crippen LogP contribution in [0.4, 0.5) is 0 Å². The van der Waals surface area contributed by atoms with Gasteiger partial charge >= 0.3 is 0 Å². The van der Waals surface area contributed by atoms with E-state index in [1.807, 2.05) is 24.3 Å². The topological polar surface area (TPSA) is 63.3 Å². The van der Waals surface area contributed by atoms with Crippen LogP contribution in [0.25, 0.3) is 0 Å². The highest BCUT2D eigenvalue weighted by Gasteiger charge is 2.25. The molecule has 3 rings (SSSR count). The fourth-order valence-electron chi connectivity index (χ4n) is 2.93. The van der Waals surface area contributed by atoms with E-state index in [-0.39, 0.29) is 18.1 Å². The van der Waals surface area contributed by atoms with Gasteiger partial charge in [0.15, 0.2) is 5.78 Å². The van der Waals surface area contributed by atoms with E-state index in [1.54, 1.807) is 12.1 Å². The number of aryl methyl sites for hydroxylation is 1. The van der Waals surface area contributed by atoms with Crippen molar-refractivity contribution in [3.8, 4) is 5.75 Å². The zero-order valence-corrected chi connectivity index (χ0v) is 11.2. The Hall–Kier alpha value is -2.13. The maximum atomic E-state index is 12.7. The summed E-state index contributed by atoms with van der Waals surface area (Å²) in [6, 6.07) is 11.0. The van der Waals surface area contributed by atoms with Crippen molar-refractivity contribution in [2.24, 2.45) is 5.73 Å². The summed E-state index contributed by atoms with van der Waals surface area (Å²) in [6.45, 7) is 0.244. The van der Waals surface area contributed by atoms with Gasteiger partial charge in [0.2, 0.25) is 0 Å². The minimum atomic E-state index is -0.114. The molecule has 0 saturated heterocycles. The van der Waals surface area contributed by atoms with Crippen LogP contribution in [0, 0.1) is 0 Å². The van der Waals surface area contributed by atoms with E-state index in [0.29, 0.717) is 16.7 Å². The fourth-order valence-corrected chi connectivity index (χ4v) is 2.93. The van der Waals surface area contributed by atoms with Crippen LogP contribution >= 0.6 is 0 Å². The Morgan fingerprint density at radius 1 is 1.20 bits per heavy atom. The van der Waals surface area contributed by atoms with E-state index in [2.05, 4.69) is 0 Å². The van der Waals surface area contributed by atoms with Gasteiger partial charge in [-0.25, -0.2) is 0 Å². The molecule has 0 radical (unpaired) electrons. The molecule has 2 aromatic rings. The minimum absolute atomic E-state index is 0.0574. The van der Waals surface area contributed by atoms with Crippen molar-refractivity contribution in [2.75, 3.05) is 0 Å². The summed E-state index contributed by atoms with van der Waals surface area (Å²) in [6.07, 6.45) is 2.83. The molecule has 0 aliphatic heterocycles. The smallest absolute Gasteiger partial charge is 0.197 e. The molecule has 0 heterocycles. The van der Waals surface area contributed by atoms with Crippen molar-refractivity contribution in [1.29, 1.82) is 0 Å². The molecule has 3 N–H and O–H groups in total. The molecule has 20 heavy (non-hydrogen) atoms. The van der Waals surface area contributed by atoms with Crippen molar-refractivity contribution >= 4 is 5.78 Å². The third kappa shape index (κ3) is 2.00.